The van der Waals surface area contributed by atoms with Crippen LogP contribution in [0, 0.1) is 6.92 Å². The number of rotatable bonds is 1. The molecule has 0 heterocycles. The lowest BCUT2D eigenvalue weighted by Gasteiger charge is -2.03. The third kappa shape index (κ3) is 1.61. The quantitative estimate of drug-likeness (QED) is 0.723. The summed E-state index contributed by atoms with van der Waals surface area (Å²) in [5.74, 6) is 0.176. The van der Waals surface area contributed by atoms with Crippen molar-refractivity contribution in [2.75, 3.05) is 6.26 Å². The molecule has 0 saturated heterocycles. The number of hydrogen-bond donors (Lipinski definition) is 1. The average Bonchev–Trinajstić information content (AvgIpc) is 2.08. The maximum Gasteiger partial charge on any atom is 0.219 e. The van der Waals surface area contributed by atoms with E-state index in [1.807, 2.05) is 0 Å². The molecule has 0 aliphatic rings. The molecule has 0 spiro atoms. The van der Waals surface area contributed by atoms with Crippen LogP contribution in [-0.2, 0) is 0 Å². The van der Waals surface area contributed by atoms with E-state index < -0.39 is 0 Å². The van der Waals surface area contributed by atoms with E-state index >= 15 is 0 Å². The summed E-state index contributed by atoms with van der Waals surface area (Å²) in [4.78, 5) is 11.2. The second-order valence-corrected chi connectivity index (χ2v) is 3.22. The van der Waals surface area contributed by atoms with Crippen LogP contribution < -0.4 is 0 Å². The Morgan fingerprint density at radius 3 is 2.75 bits per heavy atom. The molecule has 3 heteroatoms. The number of phenolic OH excluding ortho intramolecular Hbond substituents is 1. The third-order valence-corrected chi connectivity index (χ3v) is 2.30. The summed E-state index contributed by atoms with van der Waals surface area (Å²) in [6.45, 7) is 1.73. The van der Waals surface area contributed by atoms with Gasteiger partial charge in [0.25, 0.3) is 0 Å². The number of hydrogen-bond acceptors (Lipinski definition) is 3. The average molecular weight is 182 g/mol. The van der Waals surface area contributed by atoms with Gasteiger partial charge in [-0.3, -0.25) is 4.79 Å². The Morgan fingerprint density at radius 2 is 2.17 bits per heavy atom. The molecule has 0 saturated carbocycles. The predicted octanol–water partition coefficient (Wildman–Crippen LogP) is 2.20. The second-order valence-electron chi connectivity index (χ2n) is 2.44. The first-order valence-corrected chi connectivity index (χ1v) is 4.76. The van der Waals surface area contributed by atoms with Crippen molar-refractivity contribution in [2.45, 2.75) is 6.92 Å². The molecule has 0 radical (unpaired) electrons. The first-order valence-electron chi connectivity index (χ1n) is 3.53. The predicted molar refractivity (Wildman–Crippen MR) is 50.7 cm³/mol. The fourth-order valence-corrected chi connectivity index (χ4v) is 1.40. The van der Waals surface area contributed by atoms with E-state index in [0.717, 1.165) is 11.8 Å². The summed E-state index contributed by atoms with van der Waals surface area (Å²) in [5, 5.41) is 9.27. The molecule has 0 aliphatic heterocycles. The standard InChI is InChI=1S/C9H10O2S/c1-6-7(9(11)12-2)4-3-5-8(6)10/h3-5,10H,1-2H3. The highest BCUT2D eigenvalue weighted by Crippen LogP contribution is 2.22. The monoisotopic (exact) mass is 182 g/mol. The zero-order chi connectivity index (χ0) is 9.14. The molecule has 2 nitrogen and oxygen atoms in total. The summed E-state index contributed by atoms with van der Waals surface area (Å²) in [6.07, 6.45) is 1.73. The molecule has 1 aromatic carbocycles. The molecule has 0 atom stereocenters. The Balaban J connectivity index is 3.16. The van der Waals surface area contributed by atoms with Crippen LogP contribution in [0.5, 0.6) is 5.75 Å². The van der Waals surface area contributed by atoms with Gasteiger partial charge in [-0.2, -0.15) is 0 Å². The van der Waals surface area contributed by atoms with Crippen molar-refractivity contribution in [1.29, 1.82) is 0 Å². The number of benzene rings is 1. The highest BCUT2D eigenvalue weighted by Gasteiger charge is 2.08. The van der Waals surface area contributed by atoms with Crippen LogP contribution in [-0.4, -0.2) is 16.5 Å². The maximum absolute atomic E-state index is 11.2. The van der Waals surface area contributed by atoms with Gasteiger partial charge in [0.2, 0.25) is 5.12 Å². The van der Waals surface area contributed by atoms with Crippen molar-refractivity contribution in [1.82, 2.24) is 0 Å². The van der Waals surface area contributed by atoms with E-state index in [-0.39, 0.29) is 10.9 Å². The normalized spacial score (nSPS) is 9.83. The molecule has 1 N–H and O–H groups in total. The highest BCUT2D eigenvalue weighted by atomic mass is 32.2. The minimum Gasteiger partial charge on any atom is -0.508 e. The summed E-state index contributed by atoms with van der Waals surface area (Å²) in [7, 11) is 0. The van der Waals surface area contributed by atoms with E-state index in [2.05, 4.69) is 0 Å². The molecule has 0 unspecified atom stereocenters. The molecular formula is C9H10O2S. The zero-order valence-corrected chi connectivity index (χ0v) is 7.81. The Bertz CT molecular complexity index is 307. The fourth-order valence-electron chi connectivity index (χ4n) is 0.955. The SMILES string of the molecule is CSC(=O)c1cccc(O)c1C. The van der Waals surface area contributed by atoms with Gasteiger partial charge in [0.15, 0.2) is 0 Å². The van der Waals surface area contributed by atoms with Crippen molar-refractivity contribution >= 4 is 16.9 Å². The molecule has 0 bridgehead atoms. The fraction of sp³-hybridized carbons (Fsp3) is 0.222. The smallest absolute Gasteiger partial charge is 0.219 e. The number of phenols is 1. The number of aromatic hydroxyl groups is 1. The van der Waals surface area contributed by atoms with Crippen molar-refractivity contribution in [3.8, 4) is 5.75 Å². The lowest BCUT2D eigenvalue weighted by atomic mass is 10.1. The molecule has 0 fully saturated rings. The maximum atomic E-state index is 11.2. The van der Waals surface area contributed by atoms with Gasteiger partial charge in [0.1, 0.15) is 5.75 Å². The minimum absolute atomic E-state index is 0.0107. The van der Waals surface area contributed by atoms with Crippen LogP contribution in [0.25, 0.3) is 0 Å². The van der Waals surface area contributed by atoms with Gasteiger partial charge >= 0.3 is 0 Å². The van der Waals surface area contributed by atoms with Crippen molar-refractivity contribution in [3.63, 3.8) is 0 Å². The lowest BCUT2D eigenvalue weighted by molar-refractivity contribution is 0.108. The number of thioether (sulfide) groups is 1. The van der Waals surface area contributed by atoms with Crippen LogP contribution in [0.4, 0.5) is 0 Å². The molecule has 0 aromatic heterocycles. The summed E-state index contributed by atoms with van der Waals surface area (Å²) in [5.41, 5.74) is 1.24. The van der Waals surface area contributed by atoms with Crippen molar-refractivity contribution in [3.05, 3.63) is 29.3 Å². The van der Waals surface area contributed by atoms with Crippen LogP contribution in [0.15, 0.2) is 18.2 Å². The van der Waals surface area contributed by atoms with E-state index in [9.17, 15) is 9.90 Å². The molecule has 1 rings (SSSR count). The van der Waals surface area contributed by atoms with Gasteiger partial charge < -0.3 is 5.11 Å². The van der Waals surface area contributed by atoms with Crippen molar-refractivity contribution < 1.29 is 9.90 Å². The highest BCUT2D eigenvalue weighted by molar-refractivity contribution is 8.13. The Labute approximate surface area is 75.6 Å². The Kier molecular flexibility index (Phi) is 2.76. The summed E-state index contributed by atoms with van der Waals surface area (Å²) in [6, 6.07) is 4.96. The second kappa shape index (κ2) is 3.63. The summed E-state index contributed by atoms with van der Waals surface area (Å²) < 4.78 is 0. The van der Waals surface area contributed by atoms with E-state index in [1.54, 1.807) is 31.4 Å². The van der Waals surface area contributed by atoms with Gasteiger partial charge in [-0.05, 0) is 25.3 Å². The Hall–Kier alpha value is -0.960. The summed E-state index contributed by atoms with van der Waals surface area (Å²) >= 11 is 1.15. The van der Waals surface area contributed by atoms with Gasteiger partial charge in [-0.15, -0.1) is 0 Å². The first kappa shape index (κ1) is 9.13. The van der Waals surface area contributed by atoms with Gasteiger partial charge in [0, 0.05) is 11.1 Å². The number of carbonyl (C=O) groups excluding carboxylic acids is 1. The largest absolute Gasteiger partial charge is 0.508 e. The van der Waals surface area contributed by atoms with E-state index in [4.69, 9.17) is 0 Å². The van der Waals surface area contributed by atoms with E-state index in [1.165, 1.54) is 0 Å². The van der Waals surface area contributed by atoms with Crippen LogP contribution in [0.3, 0.4) is 0 Å². The van der Waals surface area contributed by atoms with Gasteiger partial charge in [0.05, 0.1) is 0 Å². The topological polar surface area (TPSA) is 37.3 Å². The van der Waals surface area contributed by atoms with Crippen LogP contribution in [0.1, 0.15) is 15.9 Å². The molecule has 1 aromatic rings. The third-order valence-electron chi connectivity index (χ3n) is 1.71. The molecule has 0 aliphatic carbocycles. The molecule has 0 amide bonds. The van der Waals surface area contributed by atoms with E-state index in [0.29, 0.717) is 11.1 Å². The van der Waals surface area contributed by atoms with Crippen LogP contribution >= 0.6 is 11.8 Å². The minimum atomic E-state index is -0.0107. The van der Waals surface area contributed by atoms with Crippen molar-refractivity contribution in [2.24, 2.45) is 0 Å². The van der Waals surface area contributed by atoms with Gasteiger partial charge in [-0.1, -0.05) is 17.8 Å². The molecular weight excluding hydrogens is 172 g/mol. The molecule has 64 valence electrons. The Morgan fingerprint density at radius 1 is 1.50 bits per heavy atom. The number of carbonyl (C=O) groups is 1. The molecule has 12 heavy (non-hydrogen) atoms. The van der Waals surface area contributed by atoms with Gasteiger partial charge in [-0.25, -0.2) is 0 Å². The first-order chi connectivity index (χ1) is 5.66. The lowest BCUT2D eigenvalue weighted by Crippen LogP contribution is -1.95. The zero-order valence-electron chi connectivity index (χ0n) is 7.00. The van der Waals surface area contributed by atoms with Crippen LogP contribution in [0.2, 0.25) is 0 Å².